The maximum Gasteiger partial charge on any atom is 0.156 e. The van der Waals surface area contributed by atoms with E-state index in [0.717, 1.165) is 4.60 Å². The van der Waals surface area contributed by atoms with E-state index in [4.69, 9.17) is 0 Å². The van der Waals surface area contributed by atoms with Crippen molar-refractivity contribution in [2.75, 3.05) is 0 Å². The lowest BCUT2D eigenvalue weighted by Gasteiger charge is -2.17. The van der Waals surface area contributed by atoms with Gasteiger partial charge in [-0.3, -0.25) is 0 Å². The Morgan fingerprint density at radius 3 is 2.60 bits per heavy atom. The Morgan fingerprint density at radius 2 is 2.20 bits per heavy atom. The molecule has 0 bridgehead atoms. The van der Waals surface area contributed by atoms with Gasteiger partial charge in [-0.2, -0.15) is 0 Å². The zero-order valence-corrected chi connectivity index (χ0v) is 11.6. The number of imidazole rings is 1. The van der Waals surface area contributed by atoms with E-state index in [-0.39, 0.29) is 4.75 Å². The van der Waals surface area contributed by atoms with E-state index in [1.807, 2.05) is 32.4 Å². The zero-order valence-electron chi connectivity index (χ0n) is 9.19. The van der Waals surface area contributed by atoms with Gasteiger partial charge in [-0.15, -0.1) is 0 Å². The minimum atomic E-state index is -1.24. The molecule has 0 saturated carbocycles. The summed E-state index contributed by atoms with van der Waals surface area (Å²) in [5.41, 5.74) is 0. The van der Waals surface area contributed by atoms with Crippen LogP contribution in [0.3, 0.4) is 0 Å². The third-order valence-corrected chi connectivity index (χ3v) is 3.84. The van der Waals surface area contributed by atoms with Gasteiger partial charge in [0, 0.05) is 7.05 Å². The Labute approximate surface area is 101 Å². The molecule has 1 unspecified atom stereocenters. The van der Waals surface area contributed by atoms with Gasteiger partial charge >= 0.3 is 0 Å². The Morgan fingerprint density at radius 1 is 1.60 bits per heavy atom. The van der Waals surface area contributed by atoms with Crippen LogP contribution in [0.2, 0.25) is 0 Å². The lowest BCUT2D eigenvalue weighted by molar-refractivity contribution is 0.561. The summed E-state index contributed by atoms with van der Waals surface area (Å²) in [5.74, 6) is 0.680. The van der Waals surface area contributed by atoms with Crippen molar-refractivity contribution in [2.24, 2.45) is 11.4 Å². The number of hydrogen-bond donors (Lipinski definition) is 0. The van der Waals surface area contributed by atoms with E-state index in [1.165, 1.54) is 6.21 Å². The fourth-order valence-corrected chi connectivity index (χ4v) is 1.57. The molecule has 1 aromatic heterocycles. The third kappa shape index (κ3) is 3.32. The van der Waals surface area contributed by atoms with E-state index in [0.29, 0.717) is 5.82 Å². The topological polar surface area (TPSA) is 53.2 Å². The summed E-state index contributed by atoms with van der Waals surface area (Å²) in [6, 6.07) is 0. The van der Waals surface area contributed by atoms with Crippen molar-refractivity contribution >= 4 is 33.5 Å². The lowest BCUT2D eigenvalue weighted by Crippen LogP contribution is -2.26. The van der Waals surface area contributed by atoms with Crippen molar-refractivity contribution in [1.82, 2.24) is 9.55 Å². The lowest BCUT2D eigenvalue weighted by atomic mass is 10.3. The summed E-state index contributed by atoms with van der Waals surface area (Å²) in [5, 5.41) is 0. The second-order valence-electron chi connectivity index (χ2n) is 4.09. The van der Waals surface area contributed by atoms with Crippen LogP contribution in [-0.4, -0.2) is 25.1 Å². The van der Waals surface area contributed by atoms with Crippen LogP contribution < -0.4 is 0 Å². The average Bonchev–Trinajstić information content (AvgIpc) is 2.43. The average molecular weight is 292 g/mol. The highest BCUT2D eigenvalue weighted by Crippen LogP contribution is 2.17. The fourth-order valence-electron chi connectivity index (χ4n) is 0.775. The molecule has 0 N–H and O–H groups in total. The van der Waals surface area contributed by atoms with E-state index < -0.39 is 11.4 Å². The van der Waals surface area contributed by atoms with Crippen molar-refractivity contribution in [3.05, 3.63) is 16.6 Å². The van der Waals surface area contributed by atoms with Crippen LogP contribution in [0.15, 0.2) is 15.2 Å². The van der Waals surface area contributed by atoms with Gasteiger partial charge in [0.2, 0.25) is 0 Å². The molecule has 84 valence electrons. The molecule has 0 fully saturated rings. The molecule has 0 amide bonds. The predicted octanol–water partition coefficient (Wildman–Crippen LogP) is 2.06. The van der Waals surface area contributed by atoms with Crippen LogP contribution in [0, 0.1) is 0 Å². The summed E-state index contributed by atoms with van der Waals surface area (Å²) in [4.78, 5) is 4.10. The van der Waals surface area contributed by atoms with Crippen LogP contribution >= 0.6 is 15.9 Å². The molecule has 1 heterocycles. The highest BCUT2D eigenvalue weighted by molar-refractivity contribution is 9.10. The molecule has 15 heavy (non-hydrogen) atoms. The molecule has 0 radical (unpaired) electrons. The second-order valence-corrected chi connectivity index (χ2v) is 6.84. The number of halogens is 1. The van der Waals surface area contributed by atoms with Crippen molar-refractivity contribution < 1.29 is 4.55 Å². The van der Waals surface area contributed by atoms with Crippen molar-refractivity contribution in [1.29, 1.82) is 0 Å². The third-order valence-electron chi connectivity index (χ3n) is 1.76. The molecule has 0 spiro atoms. The molecule has 4 nitrogen and oxygen atoms in total. The van der Waals surface area contributed by atoms with Gasteiger partial charge in [-0.1, -0.05) is 4.40 Å². The summed E-state index contributed by atoms with van der Waals surface area (Å²) < 4.78 is 18.0. The highest BCUT2D eigenvalue weighted by atomic mass is 79.9. The first kappa shape index (κ1) is 12.7. The molecule has 0 saturated heterocycles. The van der Waals surface area contributed by atoms with Crippen LogP contribution in [0.4, 0.5) is 0 Å². The van der Waals surface area contributed by atoms with Crippen molar-refractivity contribution in [3.63, 3.8) is 0 Å². The van der Waals surface area contributed by atoms with E-state index in [1.54, 1.807) is 6.20 Å². The Kier molecular flexibility index (Phi) is 3.97. The molecular formula is C9H14BrN3OS. The summed E-state index contributed by atoms with van der Waals surface area (Å²) in [6.07, 6.45) is 3.22. The molecule has 1 rings (SSSR count). The van der Waals surface area contributed by atoms with E-state index in [2.05, 4.69) is 25.3 Å². The van der Waals surface area contributed by atoms with Crippen molar-refractivity contribution in [3.8, 4) is 0 Å². The fraction of sp³-hybridized carbons (Fsp3) is 0.556. The first-order valence-electron chi connectivity index (χ1n) is 4.45. The van der Waals surface area contributed by atoms with Gasteiger partial charge in [0.25, 0.3) is 0 Å². The van der Waals surface area contributed by atoms with E-state index >= 15 is 0 Å². The van der Waals surface area contributed by atoms with Crippen LogP contribution in [0.5, 0.6) is 0 Å². The molecular weight excluding hydrogens is 278 g/mol. The smallest absolute Gasteiger partial charge is 0.156 e. The molecule has 0 aliphatic rings. The van der Waals surface area contributed by atoms with Crippen LogP contribution in [-0.2, 0) is 18.4 Å². The van der Waals surface area contributed by atoms with Gasteiger partial charge < -0.3 is 9.12 Å². The largest absolute Gasteiger partial charge is 0.591 e. The normalized spacial score (nSPS) is 14.8. The number of nitrogens with zero attached hydrogens (tertiary/aromatic N) is 3. The van der Waals surface area contributed by atoms with Crippen LogP contribution in [0.25, 0.3) is 0 Å². The first-order chi connectivity index (χ1) is 6.82. The Balaban J connectivity index is 2.78. The van der Waals surface area contributed by atoms with Gasteiger partial charge in [0.15, 0.2) is 5.82 Å². The minimum Gasteiger partial charge on any atom is -0.591 e. The van der Waals surface area contributed by atoms with Gasteiger partial charge in [0.1, 0.15) is 26.9 Å². The number of aromatic nitrogens is 2. The molecule has 0 aromatic carbocycles. The van der Waals surface area contributed by atoms with E-state index in [9.17, 15) is 4.55 Å². The molecule has 1 atom stereocenters. The standard InChI is InChI=1S/C9H14BrN3OS/c1-9(2,3)15(14)12-6-8-11-5-7(10)13(8)4/h5-6H,1-4H3. The summed E-state index contributed by atoms with van der Waals surface area (Å²) in [6.45, 7) is 5.65. The number of hydrogen-bond acceptors (Lipinski definition) is 3. The molecule has 6 heteroatoms. The summed E-state index contributed by atoms with van der Waals surface area (Å²) in [7, 11) is 1.86. The molecule has 0 aliphatic carbocycles. The monoisotopic (exact) mass is 291 g/mol. The van der Waals surface area contributed by atoms with Crippen molar-refractivity contribution in [2.45, 2.75) is 25.5 Å². The second kappa shape index (κ2) is 4.67. The molecule has 0 aliphatic heterocycles. The Bertz CT molecular complexity index is 370. The minimum absolute atomic E-state index is 0.334. The van der Waals surface area contributed by atoms with Crippen LogP contribution in [0.1, 0.15) is 26.6 Å². The maximum atomic E-state index is 11.6. The predicted molar refractivity (Wildman–Crippen MR) is 66.4 cm³/mol. The highest BCUT2D eigenvalue weighted by Gasteiger charge is 2.25. The quantitative estimate of drug-likeness (QED) is 0.619. The zero-order chi connectivity index (χ0) is 11.6. The summed E-state index contributed by atoms with van der Waals surface area (Å²) >= 11 is 2.09. The number of rotatable bonds is 2. The first-order valence-corrected chi connectivity index (χ1v) is 6.35. The molecule has 1 aromatic rings. The Hall–Kier alpha value is -0.330. The SMILES string of the molecule is Cn1c(Br)cnc1C=N[S+]([O-])C(C)(C)C. The van der Waals surface area contributed by atoms with Gasteiger partial charge in [-0.25, -0.2) is 4.98 Å². The maximum absolute atomic E-state index is 11.6. The van der Waals surface area contributed by atoms with Gasteiger partial charge in [-0.05, 0) is 36.7 Å². The van der Waals surface area contributed by atoms with Gasteiger partial charge in [0.05, 0.1) is 6.20 Å².